The molecule has 1 aromatic carbocycles. The van der Waals surface area contributed by atoms with Crippen LogP contribution in [0.2, 0.25) is 0 Å². The molecule has 0 aliphatic carbocycles. The molecule has 0 amide bonds. The molecule has 1 unspecified atom stereocenters. The maximum Gasteiger partial charge on any atom is 0.191 e. The lowest BCUT2D eigenvalue weighted by molar-refractivity contribution is 0.152. The van der Waals surface area contributed by atoms with Crippen molar-refractivity contribution in [1.29, 1.82) is 0 Å². The summed E-state index contributed by atoms with van der Waals surface area (Å²) in [6, 6.07) is 8.28. The molecular weight excluding hydrogens is 326 g/mol. The van der Waals surface area contributed by atoms with E-state index in [-0.39, 0.29) is 6.10 Å². The highest BCUT2D eigenvalue weighted by molar-refractivity contribution is 5.79. The van der Waals surface area contributed by atoms with Gasteiger partial charge in [-0.3, -0.25) is 4.99 Å². The number of ether oxygens (including phenoxy) is 1. The van der Waals surface area contributed by atoms with Gasteiger partial charge in [-0.05, 0) is 38.1 Å². The van der Waals surface area contributed by atoms with Crippen molar-refractivity contribution < 1.29 is 4.74 Å². The molecule has 1 atom stereocenters. The van der Waals surface area contributed by atoms with E-state index in [0.29, 0.717) is 0 Å². The van der Waals surface area contributed by atoms with Gasteiger partial charge < -0.3 is 25.2 Å². The zero-order valence-electron chi connectivity index (χ0n) is 16.2. The summed E-state index contributed by atoms with van der Waals surface area (Å²) in [5.74, 6) is 1.88. The van der Waals surface area contributed by atoms with Crippen molar-refractivity contribution in [3.63, 3.8) is 0 Å². The van der Waals surface area contributed by atoms with Gasteiger partial charge in [0.25, 0.3) is 0 Å². The summed E-state index contributed by atoms with van der Waals surface area (Å²) in [7, 11) is 4.03. The molecule has 0 saturated carbocycles. The maximum absolute atomic E-state index is 5.97. The second kappa shape index (κ2) is 9.78. The third-order valence-corrected chi connectivity index (χ3v) is 5.22. The quantitative estimate of drug-likeness (QED) is 0.435. The number of unbranched alkanes of at least 4 members (excludes halogenated alkanes) is 1. The van der Waals surface area contributed by atoms with Crippen molar-refractivity contribution >= 4 is 5.96 Å². The first-order chi connectivity index (χ1) is 12.7. The van der Waals surface area contributed by atoms with E-state index in [2.05, 4.69) is 44.6 Å². The zero-order valence-corrected chi connectivity index (χ0v) is 16.2. The molecule has 1 fully saturated rings. The average molecular weight is 360 g/mol. The number of aliphatic imine (C=N–C) groups is 1. The normalized spacial score (nSPS) is 21.3. The van der Waals surface area contributed by atoms with E-state index in [0.717, 1.165) is 31.2 Å². The monoisotopic (exact) mass is 359 g/mol. The Morgan fingerprint density at radius 2 is 1.96 bits per heavy atom. The number of rotatable bonds is 7. The lowest BCUT2D eigenvalue weighted by Crippen LogP contribution is -2.45. The number of hydrogen-bond acceptors (Lipinski definition) is 4. The SMILES string of the molecule is CN=C(NCCCCN1CCN(C)CC1)NCC1Cc2ccccc2O1. The van der Waals surface area contributed by atoms with Gasteiger partial charge in [-0.25, -0.2) is 0 Å². The molecule has 0 aromatic heterocycles. The van der Waals surface area contributed by atoms with E-state index in [9.17, 15) is 0 Å². The van der Waals surface area contributed by atoms with Crippen LogP contribution in [0.25, 0.3) is 0 Å². The summed E-state index contributed by atoms with van der Waals surface area (Å²) in [5.41, 5.74) is 1.30. The van der Waals surface area contributed by atoms with Crippen molar-refractivity contribution in [2.75, 3.05) is 59.9 Å². The second-order valence-electron chi connectivity index (χ2n) is 7.28. The molecule has 0 radical (unpaired) electrons. The van der Waals surface area contributed by atoms with Crippen LogP contribution in [0.15, 0.2) is 29.3 Å². The van der Waals surface area contributed by atoms with E-state index in [1.54, 1.807) is 0 Å². The van der Waals surface area contributed by atoms with Gasteiger partial charge in [-0.1, -0.05) is 18.2 Å². The first kappa shape index (κ1) is 19.0. The van der Waals surface area contributed by atoms with Gasteiger partial charge in [0, 0.05) is 46.2 Å². The number of nitrogens with zero attached hydrogens (tertiary/aromatic N) is 3. The predicted octanol–water partition coefficient (Wildman–Crippen LogP) is 1.18. The molecular formula is C20H33N5O. The highest BCUT2D eigenvalue weighted by atomic mass is 16.5. The highest BCUT2D eigenvalue weighted by Crippen LogP contribution is 2.27. The summed E-state index contributed by atoms with van der Waals surface area (Å²) in [6.07, 6.45) is 3.54. The Bertz CT molecular complexity index is 558. The van der Waals surface area contributed by atoms with Crippen molar-refractivity contribution in [2.45, 2.75) is 25.4 Å². The molecule has 0 bridgehead atoms. The number of piperazine rings is 1. The van der Waals surface area contributed by atoms with Crippen LogP contribution in [0.4, 0.5) is 0 Å². The van der Waals surface area contributed by atoms with Gasteiger partial charge in [0.05, 0.1) is 6.54 Å². The molecule has 144 valence electrons. The molecule has 2 aliphatic rings. The van der Waals surface area contributed by atoms with Crippen LogP contribution in [0.1, 0.15) is 18.4 Å². The van der Waals surface area contributed by atoms with E-state index in [4.69, 9.17) is 4.74 Å². The predicted molar refractivity (Wildman–Crippen MR) is 107 cm³/mol. The lowest BCUT2D eigenvalue weighted by atomic mass is 10.1. The van der Waals surface area contributed by atoms with Crippen LogP contribution in [-0.2, 0) is 6.42 Å². The fourth-order valence-electron chi connectivity index (χ4n) is 3.54. The highest BCUT2D eigenvalue weighted by Gasteiger charge is 2.22. The number of likely N-dealkylation sites (N-methyl/N-ethyl adjacent to an activating group) is 1. The minimum Gasteiger partial charge on any atom is -0.488 e. The summed E-state index contributed by atoms with van der Waals surface area (Å²) in [4.78, 5) is 9.29. The Morgan fingerprint density at radius 3 is 2.73 bits per heavy atom. The van der Waals surface area contributed by atoms with Crippen molar-refractivity contribution in [3.05, 3.63) is 29.8 Å². The van der Waals surface area contributed by atoms with Gasteiger partial charge in [-0.15, -0.1) is 0 Å². The Balaban J connectivity index is 1.26. The summed E-state index contributed by atoms with van der Waals surface area (Å²) in [6.45, 7) is 7.74. The van der Waals surface area contributed by atoms with Crippen LogP contribution in [0.5, 0.6) is 5.75 Å². The average Bonchev–Trinajstić information content (AvgIpc) is 3.08. The zero-order chi connectivity index (χ0) is 18.2. The molecule has 6 nitrogen and oxygen atoms in total. The summed E-state index contributed by atoms with van der Waals surface area (Å²) >= 11 is 0. The number of fused-ring (bicyclic) bond motifs is 1. The van der Waals surface area contributed by atoms with Gasteiger partial charge in [0.2, 0.25) is 0 Å². The topological polar surface area (TPSA) is 52.1 Å². The number of benzene rings is 1. The number of para-hydroxylation sites is 1. The number of guanidine groups is 1. The minimum absolute atomic E-state index is 0.184. The van der Waals surface area contributed by atoms with Crippen molar-refractivity contribution in [1.82, 2.24) is 20.4 Å². The smallest absolute Gasteiger partial charge is 0.191 e. The largest absolute Gasteiger partial charge is 0.488 e. The van der Waals surface area contributed by atoms with Gasteiger partial charge in [0.15, 0.2) is 5.96 Å². The Hall–Kier alpha value is -1.79. The second-order valence-corrected chi connectivity index (χ2v) is 7.28. The molecule has 0 spiro atoms. The lowest BCUT2D eigenvalue weighted by Gasteiger charge is -2.32. The summed E-state index contributed by atoms with van der Waals surface area (Å²) < 4.78 is 5.97. The molecule has 2 heterocycles. The van der Waals surface area contributed by atoms with E-state index >= 15 is 0 Å². The van der Waals surface area contributed by atoms with Crippen LogP contribution >= 0.6 is 0 Å². The van der Waals surface area contributed by atoms with Gasteiger partial charge in [-0.2, -0.15) is 0 Å². The number of hydrogen-bond donors (Lipinski definition) is 2. The molecule has 1 saturated heterocycles. The first-order valence-corrected chi connectivity index (χ1v) is 9.84. The van der Waals surface area contributed by atoms with Crippen LogP contribution in [-0.4, -0.2) is 81.8 Å². The third-order valence-electron chi connectivity index (χ3n) is 5.22. The Morgan fingerprint density at radius 1 is 1.15 bits per heavy atom. The van der Waals surface area contributed by atoms with Crippen LogP contribution in [0.3, 0.4) is 0 Å². The van der Waals surface area contributed by atoms with Crippen LogP contribution in [0, 0.1) is 0 Å². The van der Waals surface area contributed by atoms with E-state index < -0.39 is 0 Å². The molecule has 3 rings (SSSR count). The van der Waals surface area contributed by atoms with E-state index in [1.807, 2.05) is 19.2 Å². The Kier molecular flexibility index (Phi) is 7.14. The minimum atomic E-state index is 0.184. The van der Waals surface area contributed by atoms with E-state index in [1.165, 1.54) is 51.1 Å². The molecule has 6 heteroatoms. The fourth-order valence-corrected chi connectivity index (χ4v) is 3.54. The van der Waals surface area contributed by atoms with Gasteiger partial charge >= 0.3 is 0 Å². The van der Waals surface area contributed by atoms with Crippen molar-refractivity contribution in [2.24, 2.45) is 4.99 Å². The van der Waals surface area contributed by atoms with Crippen molar-refractivity contribution in [3.8, 4) is 5.75 Å². The number of nitrogens with one attached hydrogen (secondary N) is 2. The first-order valence-electron chi connectivity index (χ1n) is 9.84. The maximum atomic E-state index is 5.97. The molecule has 2 N–H and O–H groups in total. The molecule has 26 heavy (non-hydrogen) atoms. The fraction of sp³-hybridized carbons (Fsp3) is 0.650. The van der Waals surface area contributed by atoms with Gasteiger partial charge in [0.1, 0.15) is 11.9 Å². The summed E-state index contributed by atoms with van der Waals surface area (Å²) in [5, 5.41) is 6.81. The Labute approximate surface area is 157 Å². The standard InChI is InChI=1S/C20H33N5O/c1-21-20(22-9-5-6-10-25-13-11-24(2)12-14-25)23-16-18-15-17-7-3-4-8-19(17)26-18/h3-4,7-8,18H,5-6,9-16H2,1-2H3,(H2,21,22,23). The molecule has 1 aromatic rings. The third kappa shape index (κ3) is 5.61. The van der Waals surface area contributed by atoms with Crippen LogP contribution < -0.4 is 15.4 Å². The molecule has 2 aliphatic heterocycles.